The second-order valence-corrected chi connectivity index (χ2v) is 7.11. The Morgan fingerprint density at radius 2 is 1.76 bits per heavy atom. The lowest BCUT2D eigenvalue weighted by molar-refractivity contribution is 1.29. The number of thiazole rings is 1. The van der Waals surface area contributed by atoms with Crippen LogP contribution in [0.1, 0.15) is 5.56 Å². The largest absolute Gasteiger partial charge is 0.253 e. The lowest BCUT2D eigenvalue weighted by Gasteiger charge is -2.03. The quantitative estimate of drug-likeness (QED) is 0.324. The van der Waals surface area contributed by atoms with E-state index in [4.69, 9.17) is 0 Å². The van der Waals surface area contributed by atoms with E-state index in [1.165, 1.54) is 22.1 Å². The van der Waals surface area contributed by atoms with Gasteiger partial charge in [-0.2, -0.15) is 5.10 Å². The highest BCUT2D eigenvalue weighted by molar-refractivity contribution is 9.10. The fourth-order valence-electron chi connectivity index (χ4n) is 2.57. The molecule has 0 fully saturated rings. The van der Waals surface area contributed by atoms with Crippen molar-refractivity contribution in [2.24, 2.45) is 5.10 Å². The SMILES string of the molecule is Brc1c(C=NNc2nc(-c3ccccc3)cs2)ccc2ccccc12. The number of aromatic nitrogens is 1. The Hall–Kier alpha value is -2.50. The molecule has 0 unspecified atom stereocenters. The van der Waals surface area contributed by atoms with Crippen molar-refractivity contribution >= 4 is 49.4 Å². The zero-order valence-electron chi connectivity index (χ0n) is 13.2. The number of fused-ring (bicyclic) bond motifs is 1. The highest BCUT2D eigenvalue weighted by atomic mass is 79.9. The van der Waals surface area contributed by atoms with Crippen LogP contribution in [0.15, 0.2) is 81.7 Å². The number of halogens is 1. The monoisotopic (exact) mass is 407 g/mol. The van der Waals surface area contributed by atoms with E-state index in [1.54, 1.807) is 6.21 Å². The van der Waals surface area contributed by atoms with Crippen molar-refractivity contribution in [1.29, 1.82) is 0 Å². The average molecular weight is 408 g/mol. The van der Waals surface area contributed by atoms with E-state index < -0.39 is 0 Å². The molecule has 1 aromatic heterocycles. The smallest absolute Gasteiger partial charge is 0.203 e. The predicted molar refractivity (Wildman–Crippen MR) is 110 cm³/mol. The summed E-state index contributed by atoms with van der Waals surface area (Å²) in [5, 5.41) is 9.50. The van der Waals surface area contributed by atoms with Crippen molar-refractivity contribution in [3.05, 3.63) is 82.1 Å². The summed E-state index contributed by atoms with van der Waals surface area (Å²) < 4.78 is 1.04. The Morgan fingerprint density at radius 3 is 2.64 bits per heavy atom. The van der Waals surface area contributed by atoms with Gasteiger partial charge in [0.15, 0.2) is 0 Å². The maximum atomic E-state index is 4.57. The van der Waals surface area contributed by atoms with Crippen LogP contribution in [-0.4, -0.2) is 11.2 Å². The van der Waals surface area contributed by atoms with Crippen LogP contribution in [0.3, 0.4) is 0 Å². The molecule has 4 aromatic rings. The number of hydrogen-bond acceptors (Lipinski definition) is 4. The Bertz CT molecular complexity index is 1040. The summed E-state index contributed by atoms with van der Waals surface area (Å²) in [4.78, 5) is 4.57. The molecule has 122 valence electrons. The highest BCUT2D eigenvalue weighted by Crippen LogP contribution is 2.27. The predicted octanol–water partition coefficient (Wildman–Crippen LogP) is 6.17. The maximum Gasteiger partial charge on any atom is 0.203 e. The summed E-state index contributed by atoms with van der Waals surface area (Å²) in [5.41, 5.74) is 6.09. The van der Waals surface area contributed by atoms with Gasteiger partial charge in [-0.15, -0.1) is 11.3 Å². The van der Waals surface area contributed by atoms with Crippen LogP contribution in [0.4, 0.5) is 5.13 Å². The first-order chi connectivity index (χ1) is 12.3. The van der Waals surface area contributed by atoms with Gasteiger partial charge in [0.25, 0.3) is 0 Å². The minimum Gasteiger partial charge on any atom is -0.253 e. The molecule has 0 bridgehead atoms. The summed E-state index contributed by atoms with van der Waals surface area (Å²) in [5.74, 6) is 0. The summed E-state index contributed by atoms with van der Waals surface area (Å²) in [6.45, 7) is 0. The fraction of sp³-hybridized carbons (Fsp3) is 0. The Morgan fingerprint density at radius 1 is 0.960 bits per heavy atom. The van der Waals surface area contributed by atoms with Gasteiger partial charge in [-0.25, -0.2) is 4.98 Å². The molecule has 0 saturated heterocycles. The van der Waals surface area contributed by atoms with Gasteiger partial charge < -0.3 is 0 Å². The number of hydrogen-bond donors (Lipinski definition) is 1. The molecule has 0 atom stereocenters. The van der Waals surface area contributed by atoms with Gasteiger partial charge in [0.2, 0.25) is 5.13 Å². The van der Waals surface area contributed by atoms with E-state index in [-0.39, 0.29) is 0 Å². The first-order valence-electron chi connectivity index (χ1n) is 7.78. The second-order valence-electron chi connectivity index (χ2n) is 5.46. The molecule has 3 aromatic carbocycles. The first-order valence-corrected chi connectivity index (χ1v) is 9.46. The topological polar surface area (TPSA) is 37.3 Å². The van der Waals surface area contributed by atoms with Crippen LogP contribution in [-0.2, 0) is 0 Å². The third-order valence-electron chi connectivity index (χ3n) is 3.83. The van der Waals surface area contributed by atoms with Gasteiger partial charge in [0.05, 0.1) is 11.9 Å². The molecule has 3 nitrogen and oxygen atoms in total. The minimum atomic E-state index is 0.770. The van der Waals surface area contributed by atoms with E-state index in [9.17, 15) is 0 Å². The summed E-state index contributed by atoms with van der Waals surface area (Å²) >= 11 is 5.21. The second kappa shape index (κ2) is 7.17. The van der Waals surface area contributed by atoms with Gasteiger partial charge in [0.1, 0.15) is 0 Å². The van der Waals surface area contributed by atoms with Gasteiger partial charge in [-0.1, -0.05) is 66.7 Å². The highest BCUT2D eigenvalue weighted by Gasteiger charge is 2.04. The van der Waals surface area contributed by atoms with Crippen LogP contribution >= 0.6 is 27.3 Å². The number of benzene rings is 3. The molecular formula is C20H14BrN3S. The number of rotatable bonds is 4. The molecule has 0 amide bonds. The van der Waals surface area contributed by atoms with Crippen LogP contribution in [0.2, 0.25) is 0 Å². The van der Waals surface area contributed by atoms with Crippen LogP contribution < -0.4 is 5.43 Å². The Balaban J connectivity index is 1.52. The van der Waals surface area contributed by atoms with Gasteiger partial charge >= 0.3 is 0 Å². The van der Waals surface area contributed by atoms with E-state index in [0.29, 0.717) is 0 Å². The van der Waals surface area contributed by atoms with Gasteiger partial charge in [0, 0.05) is 21.0 Å². The molecule has 0 saturated carbocycles. The van der Waals surface area contributed by atoms with E-state index in [1.807, 2.05) is 47.8 Å². The molecule has 0 radical (unpaired) electrons. The minimum absolute atomic E-state index is 0.770. The summed E-state index contributed by atoms with van der Waals surface area (Å²) in [6, 6.07) is 22.5. The number of anilines is 1. The zero-order valence-corrected chi connectivity index (χ0v) is 15.6. The van der Waals surface area contributed by atoms with Crippen molar-refractivity contribution in [3.8, 4) is 11.3 Å². The molecule has 0 spiro atoms. The molecule has 25 heavy (non-hydrogen) atoms. The van der Waals surface area contributed by atoms with E-state index in [0.717, 1.165) is 26.4 Å². The molecule has 1 N–H and O–H groups in total. The lowest BCUT2D eigenvalue weighted by Crippen LogP contribution is -1.91. The normalized spacial score (nSPS) is 11.2. The van der Waals surface area contributed by atoms with Crippen molar-refractivity contribution in [3.63, 3.8) is 0 Å². The molecule has 4 rings (SSSR count). The van der Waals surface area contributed by atoms with Gasteiger partial charge in [-0.3, -0.25) is 5.43 Å². The average Bonchev–Trinajstić information content (AvgIpc) is 3.13. The van der Waals surface area contributed by atoms with Crippen molar-refractivity contribution < 1.29 is 0 Å². The number of nitrogens with zero attached hydrogens (tertiary/aromatic N) is 2. The third-order valence-corrected chi connectivity index (χ3v) is 5.46. The van der Waals surface area contributed by atoms with Crippen molar-refractivity contribution in [2.45, 2.75) is 0 Å². The third kappa shape index (κ3) is 3.48. The summed E-state index contributed by atoms with van der Waals surface area (Å²) in [6.07, 6.45) is 1.81. The Labute approximate surface area is 158 Å². The van der Waals surface area contributed by atoms with Gasteiger partial charge in [-0.05, 0) is 26.7 Å². The first kappa shape index (κ1) is 16.0. The number of nitrogens with one attached hydrogen (secondary N) is 1. The van der Waals surface area contributed by atoms with E-state index >= 15 is 0 Å². The molecular weight excluding hydrogens is 394 g/mol. The number of hydrazone groups is 1. The summed E-state index contributed by atoms with van der Waals surface area (Å²) in [7, 11) is 0. The van der Waals surface area contributed by atoms with Crippen molar-refractivity contribution in [2.75, 3.05) is 5.43 Å². The molecule has 0 aliphatic carbocycles. The van der Waals surface area contributed by atoms with Crippen LogP contribution in [0.5, 0.6) is 0 Å². The van der Waals surface area contributed by atoms with Crippen LogP contribution in [0.25, 0.3) is 22.0 Å². The van der Waals surface area contributed by atoms with E-state index in [2.05, 4.69) is 55.7 Å². The fourth-order valence-corrected chi connectivity index (χ4v) is 3.84. The Kier molecular flexibility index (Phi) is 4.59. The standard InChI is InChI=1S/C20H14BrN3S/c21-19-16(11-10-14-6-4-5-9-17(14)19)12-22-24-20-23-18(13-25-20)15-7-2-1-3-8-15/h1-13H,(H,23,24). The van der Waals surface area contributed by atoms with Crippen LogP contribution in [0, 0.1) is 0 Å². The molecule has 5 heteroatoms. The lowest BCUT2D eigenvalue weighted by atomic mass is 10.1. The van der Waals surface area contributed by atoms with Crippen molar-refractivity contribution in [1.82, 2.24) is 4.98 Å². The molecule has 0 aliphatic rings. The maximum absolute atomic E-state index is 4.57. The molecule has 0 aliphatic heterocycles. The molecule has 1 heterocycles. The zero-order chi connectivity index (χ0) is 17.1.